The van der Waals surface area contributed by atoms with Gasteiger partial charge in [0.15, 0.2) is 11.2 Å². The highest BCUT2D eigenvalue weighted by atomic mass is 35.5. The molecule has 16 heteroatoms. The molecule has 1 N–H and O–H groups in total. The van der Waals surface area contributed by atoms with Crippen molar-refractivity contribution in [1.82, 2.24) is 0 Å². The number of oxime groups is 2. The van der Waals surface area contributed by atoms with Crippen molar-refractivity contribution in [3.8, 4) is 0 Å². The van der Waals surface area contributed by atoms with E-state index in [0.29, 0.717) is 44.1 Å². The van der Waals surface area contributed by atoms with Gasteiger partial charge >= 0.3 is 18.1 Å². The van der Waals surface area contributed by atoms with Gasteiger partial charge in [0.1, 0.15) is 5.60 Å². The fraction of sp³-hybridized carbons (Fsp3) is 0.310. The van der Waals surface area contributed by atoms with Gasteiger partial charge in [0, 0.05) is 44.1 Å². The standard InChI is InChI=1S/C22H23Cl2NO3.C18H15Cl2NO3.C2HF3O/c1-13-8-14(6-7-18(13)20(26)27-21(2,3)4)19-12-22(5,28-25-19)15-9-16(23)11-17(24)10-15;1-10-5-11(3-4-15(10)17(22)23)16-9-18(2,24-21-16)12-6-13(19)8-14(20)7-12;3-2(4,5)1-6/h6-11H,12H2,1-5H3;3-8H,9H2,1-2H3,(H,22,23);1H. The molecule has 0 bridgehead atoms. The van der Waals surface area contributed by atoms with Gasteiger partial charge in [-0.2, -0.15) is 13.2 Å². The smallest absolute Gasteiger partial charge is 0.446 e. The molecule has 2 heterocycles. The molecule has 2 atom stereocenters. The van der Waals surface area contributed by atoms with Crippen LogP contribution in [0.3, 0.4) is 0 Å². The third-order valence-electron chi connectivity index (χ3n) is 8.77. The summed E-state index contributed by atoms with van der Waals surface area (Å²) in [5.41, 5.74) is 5.50. The Bertz CT molecular complexity index is 2250. The lowest BCUT2D eigenvalue weighted by molar-refractivity contribution is -0.156. The number of ether oxygens (including phenoxy) is 1. The molecule has 9 nitrogen and oxygen atoms in total. The Balaban J connectivity index is 0.000000227. The molecule has 6 rings (SSSR count). The number of halogens is 7. The minimum absolute atomic E-state index is 0.280. The van der Waals surface area contributed by atoms with Crippen LogP contribution in [0, 0.1) is 13.8 Å². The van der Waals surface area contributed by atoms with E-state index in [-0.39, 0.29) is 11.5 Å². The predicted octanol–water partition coefficient (Wildman–Crippen LogP) is 12.1. The molecule has 2 unspecified atom stereocenters. The van der Waals surface area contributed by atoms with Crippen LogP contribution in [-0.4, -0.2) is 46.5 Å². The van der Waals surface area contributed by atoms with Crippen LogP contribution in [-0.2, 0) is 30.4 Å². The van der Waals surface area contributed by atoms with Crippen molar-refractivity contribution in [3.63, 3.8) is 0 Å². The fourth-order valence-electron chi connectivity index (χ4n) is 5.91. The highest BCUT2D eigenvalue weighted by Crippen LogP contribution is 2.40. The Kier molecular flexibility index (Phi) is 14.4. The number of hydrogen-bond donors (Lipinski definition) is 1. The average molecular weight is 883 g/mol. The number of carboxylic acid groups (broad SMARTS) is 1. The molecule has 2 aliphatic rings. The number of carbonyl (C=O) groups is 3. The Labute approximate surface area is 353 Å². The largest absolute Gasteiger partial charge is 0.478 e. The summed E-state index contributed by atoms with van der Waals surface area (Å²) in [7, 11) is 0. The molecule has 58 heavy (non-hydrogen) atoms. The van der Waals surface area contributed by atoms with Gasteiger partial charge in [0.05, 0.1) is 22.6 Å². The van der Waals surface area contributed by atoms with Gasteiger partial charge in [0.25, 0.3) is 0 Å². The van der Waals surface area contributed by atoms with Crippen LogP contribution in [0.25, 0.3) is 0 Å². The van der Waals surface area contributed by atoms with Gasteiger partial charge in [-0.15, -0.1) is 0 Å². The lowest BCUT2D eigenvalue weighted by Crippen LogP contribution is -2.24. The zero-order valence-electron chi connectivity index (χ0n) is 32.4. The van der Waals surface area contributed by atoms with Gasteiger partial charge in [-0.25, -0.2) is 9.59 Å². The first-order chi connectivity index (χ1) is 26.8. The quantitative estimate of drug-likeness (QED) is 0.151. The Hall–Kier alpha value is -4.62. The zero-order chi connectivity index (χ0) is 43.4. The molecule has 0 fully saturated rings. The van der Waals surface area contributed by atoms with Crippen LogP contribution in [0.4, 0.5) is 13.2 Å². The molecule has 4 aromatic rings. The second-order valence-corrected chi connectivity index (χ2v) is 16.7. The fourth-order valence-corrected chi connectivity index (χ4v) is 6.96. The van der Waals surface area contributed by atoms with E-state index in [4.69, 9.17) is 70.7 Å². The topological polar surface area (TPSA) is 124 Å². The van der Waals surface area contributed by atoms with E-state index in [1.165, 1.54) is 0 Å². The molecule has 0 aromatic heterocycles. The van der Waals surface area contributed by atoms with Crippen molar-refractivity contribution in [3.05, 3.63) is 137 Å². The lowest BCUT2D eigenvalue weighted by Gasteiger charge is -2.22. The van der Waals surface area contributed by atoms with Crippen molar-refractivity contribution in [2.75, 3.05) is 0 Å². The van der Waals surface area contributed by atoms with Crippen molar-refractivity contribution in [2.45, 2.75) is 84.3 Å². The van der Waals surface area contributed by atoms with Crippen molar-refractivity contribution in [1.29, 1.82) is 0 Å². The number of nitrogens with zero attached hydrogens (tertiary/aromatic N) is 2. The lowest BCUT2D eigenvalue weighted by atomic mass is 9.88. The Morgan fingerprint density at radius 2 is 1.07 bits per heavy atom. The van der Waals surface area contributed by atoms with E-state index in [9.17, 15) is 22.8 Å². The monoisotopic (exact) mass is 880 g/mol. The minimum atomic E-state index is -4.64. The average Bonchev–Trinajstić information content (AvgIpc) is 3.71. The van der Waals surface area contributed by atoms with Crippen molar-refractivity contribution < 1.29 is 47.1 Å². The molecular formula is C42H39Cl4F3N2O7. The summed E-state index contributed by atoms with van der Waals surface area (Å²) in [6.07, 6.45) is -4.60. The third kappa shape index (κ3) is 12.2. The summed E-state index contributed by atoms with van der Waals surface area (Å²) < 4.78 is 36.7. The van der Waals surface area contributed by atoms with E-state index >= 15 is 0 Å². The van der Waals surface area contributed by atoms with E-state index in [0.717, 1.165) is 39.2 Å². The molecular weight excluding hydrogens is 843 g/mol. The molecule has 0 radical (unpaired) electrons. The maximum atomic E-state index is 12.4. The number of alkyl halides is 3. The maximum absolute atomic E-state index is 12.4. The predicted molar refractivity (Wildman–Crippen MR) is 219 cm³/mol. The molecule has 0 spiro atoms. The van der Waals surface area contributed by atoms with Crippen LogP contribution in [0.1, 0.15) is 102 Å². The minimum Gasteiger partial charge on any atom is -0.478 e. The van der Waals surface area contributed by atoms with E-state index in [1.54, 1.807) is 37.3 Å². The Morgan fingerprint density at radius 3 is 1.38 bits per heavy atom. The number of carboxylic acids is 1. The van der Waals surface area contributed by atoms with Gasteiger partial charge in [-0.05, 0) is 131 Å². The number of esters is 1. The van der Waals surface area contributed by atoms with Crippen LogP contribution < -0.4 is 0 Å². The van der Waals surface area contributed by atoms with Crippen molar-refractivity contribution in [2.24, 2.45) is 10.3 Å². The number of hydrogen-bond acceptors (Lipinski definition) is 8. The number of benzene rings is 4. The summed E-state index contributed by atoms with van der Waals surface area (Å²) in [5.74, 6) is -1.28. The highest BCUT2D eigenvalue weighted by Gasteiger charge is 2.38. The summed E-state index contributed by atoms with van der Waals surface area (Å²) in [5, 5.41) is 19.8. The first kappa shape index (κ1) is 46.1. The van der Waals surface area contributed by atoms with E-state index in [2.05, 4.69) is 10.3 Å². The first-order valence-electron chi connectivity index (χ1n) is 17.5. The van der Waals surface area contributed by atoms with Crippen LogP contribution >= 0.6 is 46.4 Å². The normalized spacial score (nSPS) is 18.6. The third-order valence-corrected chi connectivity index (χ3v) is 9.65. The van der Waals surface area contributed by atoms with Crippen LogP contribution in [0.5, 0.6) is 0 Å². The first-order valence-corrected chi connectivity index (χ1v) is 19.0. The van der Waals surface area contributed by atoms with Crippen LogP contribution in [0.2, 0.25) is 20.1 Å². The van der Waals surface area contributed by atoms with E-state index < -0.39 is 35.2 Å². The Morgan fingerprint density at radius 1 is 0.707 bits per heavy atom. The number of aryl methyl sites for hydroxylation is 2. The molecule has 0 aliphatic carbocycles. The van der Waals surface area contributed by atoms with Gasteiger partial charge < -0.3 is 19.5 Å². The molecule has 0 saturated carbocycles. The number of aromatic carboxylic acids is 1. The van der Waals surface area contributed by atoms with Gasteiger partial charge in [-0.1, -0.05) is 68.8 Å². The number of rotatable bonds is 6. The maximum Gasteiger partial charge on any atom is 0.446 e. The highest BCUT2D eigenvalue weighted by molar-refractivity contribution is 6.35. The van der Waals surface area contributed by atoms with E-state index in [1.807, 2.05) is 84.0 Å². The zero-order valence-corrected chi connectivity index (χ0v) is 35.4. The molecule has 308 valence electrons. The summed E-state index contributed by atoms with van der Waals surface area (Å²) in [6, 6.07) is 21.3. The SMILES string of the molecule is Cc1cc(C2=NOC(C)(c3cc(Cl)cc(Cl)c3)C2)ccc1C(=O)O.Cc1cc(C2=NOC(C)(c3cc(Cl)cc(Cl)c3)C2)ccc1C(=O)OC(C)(C)C.O=CC(F)(F)F. The summed E-state index contributed by atoms with van der Waals surface area (Å²) in [4.78, 5) is 43.6. The summed E-state index contributed by atoms with van der Waals surface area (Å²) in [6.45, 7) is 13.1. The molecule has 4 aromatic carbocycles. The second-order valence-electron chi connectivity index (χ2n) is 14.9. The number of carbonyl (C=O) groups excluding carboxylic acids is 2. The molecule has 2 aliphatic heterocycles. The molecule has 0 saturated heterocycles. The van der Waals surface area contributed by atoms with Crippen LogP contribution in [0.15, 0.2) is 83.1 Å². The van der Waals surface area contributed by atoms with Crippen molar-refractivity contribution >= 4 is 76.1 Å². The van der Waals surface area contributed by atoms with Gasteiger partial charge in [-0.3, -0.25) is 4.79 Å². The number of aldehydes is 1. The van der Waals surface area contributed by atoms with Gasteiger partial charge in [0.2, 0.25) is 6.29 Å². The molecule has 0 amide bonds. The summed E-state index contributed by atoms with van der Waals surface area (Å²) >= 11 is 24.4. The second kappa shape index (κ2) is 18.1.